The van der Waals surface area contributed by atoms with E-state index in [0.29, 0.717) is 28.4 Å². The first-order valence-electron chi connectivity index (χ1n) is 9.37. The summed E-state index contributed by atoms with van der Waals surface area (Å²) in [5.41, 5.74) is 3.82. The SMILES string of the molecule is Cc1ccc(CNC(=O)c2ccc(N(C)S(=O)(=O)c3ccc(Cl)cc3)c(C)c2)cc1. The molecular formula is C23H23ClN2O3S. The van der Waals surface area contributed by atoms with Crippen LogP contribution in [0.3, 0.4) is 0 Å². The minimum absolute atomic E-state index is 0.147. The van der Waals surface area contributed by atoms with Crippen LogP contribution in [0.5, 0.6) is 0 Å². The quantitative estimate of drug-likeness (QED) is 0.601. The van der Waals surface area contributed by atoms with Gasteiger partial charge in [0.1, 0.15) is 0 Å². The zero-order chi connectivity index (χ0) is 21.9. The second-order valence-electron chi connectivity index (χ2n) is 7.10. The predicted molar refractivity (Wildman–Crippen MR) is 121 cm³/mol. The summed E-state index contributed by atoms with van der Waals surface area (Å²) in [6.07, 6.45) is 0. The molecule has 0 fully saturated rings. The number of carbonyl (C=O) groups is 1. The fourth-order valence-electron chi connectivity index (χ4n) is 3.03. The Balaban J connectivity index is 1.76. The van der Waals surface area contributed by atoms with Crippen LogP contribution in [0, 0.1) is 13.8 Å². The number of nitrogens with one attached hydrogen (secondary N) is 1. The van der Waals surface area contributed by atoms with Gasteiger partial charge >= 0.3 is 0 Å². The summed E-state index contributed by atoms with van der Waals surface area (Å²) in [5.74, 6) is -0.214. The highest BCUT2D eigenvalue weighted by Gasteiger charge is 2.23. The van der Waals surface area contributed by atoms with Crippen molar-refractivity contribution in [1.29, 1.82) is 0 Å². The van der Waals surface area contributed by atoms with Crippen molar-refractivity contribution in [3.63, 3.8) is 0 Å². The van der Waals surface area contributed by atoms with Crippen molar-refractivity contribution in [2.75, 3.05) is 11.4 Å². The van der Waals surface area contributed by atoms with Crippen molar-refractivity contribution >= 4 is 33.2 Å². The smallest absolute Gasteiger partial charge is 0.264 e. The zero-order valence-corrected chi connectivity index (χ0v) is 18.6. The maximum atomic E-state index is 12.9. The van der Waals surface area contributed by atoms with Crippen molar-refractivity contribution in [2.45, 2.75) is 25.3 Å². The van der Waals surface area contributed by atoms with Gasteiger partial charge in [0.05, 0.1) is 10.6 Å². The molecule has 30 heavy (non-hydrogen) atoms. The van der Waals surface area contributed by atoms with Crippen LogP contribution in [0.15, 0.2) is 71.6 Å². The van der Waals surface area contributed by atoms with Crippen molar-refractivity contribution in [2.24, 2.45) is 0 Å². The van der Waals surface area contributed by atoms with Gasteiger partial charge < -0.3 is 5.32 Å². The molecule has 0 atom stereocenters. The van der Waals surface area contributed by atoms with E-state index >= 15 is 0 Å². The van der Waals surface area contributed by atoms with E-state index in [2.05, 4.69) is 5.32 Å². The van der Waals surface area contributed by atoms with Gasteiger partial charge in [0, 0.05) is 24.2 Å². The van der Waals surface area contributed by atoms with E-state index in [1.165, 1.54) is 35.6 Å². The predicted octanol–water partition coefficient (Wildman–Crippen LogP) is 4.71. The van der Waals surface area contributed by atoms with Gasteiger partial charge in [-0.15, -0.1) is 0 Å². The van der Waals surface area contributed by atoms with E-state index in [4.69, 9.17) is 11.6 Å². The number of sulfonamides is 1. The van der Waals surface area contributed by atoms with E-state index in [-0.39, 0.29) is 10.8 Å². The lowest BCUT2D eigenvalue weighted by molar-refractivity contribution is 0.0951. The number of carbonyl (C=O) groups excluding carboxylic acids is 1. The minimum Gasteiger partial charge on any atom is -0.348 e. The van der Waals surface area contributed by atoms with Crippen LogP contribution < -0.4 is 9.62 Å². The molecule has 0 bridgehead atoms. The zero-order valence-electron chi connectivity index (χ0n) is 17.0. The fourth-order valence-corrected chi connectivity index (χ4v) is 4.42. The topological polar surface area (TPSA) is 66.5 Å². The summed E-state index contributed by atoms with van der Waals surface area (Å²) < 4.78 is 27.0. The molecule has 0 spiro atoms. The Morgan fingerprint density at radius 3 is 2.20 bits per heavy atom. The van der Waals surface area contributed by atoms with Gasteiger partial charge in [-0.2, -0.15) is 0 Å². The Hall–Kier alpha value is -2.83. The van der Waals surface area contributed by atoms with Crippen LogP contribution >= 0.6 is 11.6 Å². The first kappa shape index (κ1) is 21.9. The Morgan fingerprint density at radius 2 is 1.60 bits per heavy atom. The van der Waals surface area contributed by atoms with Gasteiger partial charge in [0.25, 0.3) is 15.9 Å². The molecular weight excluding hydrogens is 420 g/mol. The molecule has 3 rings (SSSR count). The molecule has 0 aliphatic carbocycles. The summed E-state index contributed by atoms with van der Waals surface area (Å²) in [6, 6.07) is 18.9. The van der Waals surface area contributed by atoms with E-state index in [1.807, 2.05) is 31.2 Å². The average Bonchev–Trinajstić information content (AvgIpc) is 2.73. The van der Waals surface area contributed by atoms with Crippen molar-refractivity contribution in [1.82, 2.24) is 5.32 Å². The first-order chi connectivity index (χ1) is 14.2. The highest BCUT2D eigenvalue weighted by atomic mass is 35.5. The number of amides is 1. The van der Waals surface area contributed by atoms with Crippen LogP contribution in [0.4, 0.5) is 5.69 Å². The second-order valence-corrected chi connectivity index (χ2v) is 9.50. The number of aryl methyl sites for hydroxylation is 2. The van der Waals surface area contributed by atoms with Crippen LogP contribution in [-0.4, -0.2) is 21.4 Å². The normalized spacial score (nSPS) is 11.2. The molecule has 0 heterocycles. The van der Waals surface area contributed by atoms with E-state index in [1.54, 1.807) is 25.1 Å². The third-order valence-electron chi connectivity index (χ3n) is 4.84. The molecule has 7 heteroatoms. The number of nitrogens with zero attached hydrogens (tertiary/aromatic N) is 1. The first-order valence-corrected chi connectivity index (χ1v) is 11.2. The van der Waals surface area contributed by atoms with Crippen LogP contribution in [0.1, 0.15) is 27.0 Å². The lowest BCUT2D eigenvalue weighted by Gasteiger charge is -2.22. The number of anilines is 1. The molecule has 3 aromatic rings. The molecule has 0 aromatic heterocycles. The number of halogens is 1. The Bertz CT molecular complexity index is 1160. The minimum atomic E-state index is -3.74. The second kappa shape index (κ2) is 8.90. The van der Waals surface area contributed by atoms with Crippen molar-refractivity contribution in [3.8, 4) is 0 Å². The van der Waals surface area contributed by atoms with Crippen LogP contribution in [0.2, 0.25) is 5.02 Å². The summed E-state index contributed by atoms with van der Waals surface area (Å²) in [6.45, 7) is 4.21. The van der Waals surface area contributed by atoms with Gasteiger partial charge in [-0.25, -0.2) is 8.42 Å². The molecule has 0 unspecified atom stereocenters. The van der Waals surface area contributed by atoms with E-state index < -0.39 is 10.0 Å². The van der Waals surface area contributed by atoms with Gasteiger partial charge in [0.2, 0.25) is 0 Å². The lowest BCUT2D eigenvalue weighted by atomic mass is 10.1. The number of rotatable bonds is 6. The Morgan fingerprint density at radius 1 is 0.967 bits per heavy atom. The molecule has 1 amide bonds. The molecule has 156 valence electrons. The van der Waals surface area contributed by atoms with Crippen molar-refractivity contribution < 1.29 is 13.2 Å². The van der Waals surface area contributed by atoms with Crippen molar-refractivity contribution in [3.05, 3.63) is 94.0 Å². The van der Waals surface area contributed by atoms with Gasteiger partial charge in [-0.3, -0.25) is 9.10 Å². The molecule has 0 aliphatic rings. The standard InChI is InChI=1S/C23H23ClN2O3S/c1-16-4-6-18(7-5-16)15-25-23(27)19-8-13-22(17(2)14-19)26(3)30(28,29)21-11-9-20(24)10-12-21/h4-14H,15H2,1-3H3,(H,25,27). The fraction of sp³-hybridized carbons (Fsp3) is 0.174. The van der Waals surface area contributed by atoms with Gasteiger partial charge in [0.15, 0.2) is 0 Å². The van der Waals surface area contributed by atoms with E-state index in [9.17, 15) is 13.2 Å². The number of hydrogen-bond acceptors (Lipinski definition) is 3. The van der Waals surface area contributed by atoms with Gasteiger partial charge in [-0.1, -0.05) is 41.4 Å². The molecule has 1 N–H and O–H groups in total. The summed E-state index contributed by atoms with van der Waals surface area (Å²) in [7, 11) is -2.25. The molecule has 5 nitrogen and oxygen atoms in total. The summed E-state index contributed by atoms with van der Waals surface area (Å²) in [5, 5.41) is 3.36. The summed E-state index contributed by atoms with van der Waals surface area (Å²) >= 11 is 5.86. The molecule has 0 radical (unpaired) electrons. The van der Waals surface area contributed by atoms with Crippen LogP contribution in [0.25, 0.3) is 0 Å². The van der Waals surface area contributed by atoms with E-state index in [0.717, 1.165) is 11.1 Å². The third-order valence-corrected chi connectivity index (χ3v) is 6.88. The van der Waals surface area contributed by atoms with Gasteiger partial charge in [-0.05, 0) is 67.4 Å². The number of hydrogen-bond donors (Lipinski definition) is 1. The average molecular weight is 443 g/mol. The lowest BCUT2D eigenvalue weighted by Crippen LogP contribution is -2.27. The maximum absolute atomic E-state index is 12.9. The molecule has 0 aliphatic heterocycles. The number of benzene rings is 3. The molecule has 0 saturated carbocycles. The monoisotopic (exact) mass is 442 g/mol. The van der Waals surface area contributed by atoms with Crippen LogP contribution in [-0.2, 0) is 16.6 Å². The highest BCUT2D eigenvalue weighted by Crippen LogP contribution is 2.27. The molecule has 0 saturated heterocycles. The Labute approximate surface area is 182 Å². The largest absolute Gasteiger partial charge is 0.348 e. The molecule has 3 aromatic carbocycles. The third kappa shape index (κ3) is 4.83. The highest BCUT2D eigenvalue weighted by molar-refractivity contribution is 7.92. The summed E-state index contributed by atoms with van der Waals surface area (Å²) in [4.78, 5) is 12.7. The maximum Gasteiger partial charge on any atom is 0.264 e. The Kier molecular flexibility index (Phi) is 6.48.